The molecular formula is C14H23N3O2S. The van der Waals surface area contributed by atoms with Gasteiger partial charge in [-0.15, -0.1) is 0 Å². The van der Waals surface area contributed by atoms with E-state index in [4.69, 9.17) is 5.11 Å². The zero-order valence-electron chi connectivity index (χ0n) is 12.0. The molecule has 20 heavy (non-hydrogen) atoms. The molecule has 0 amide bonds. The second kappa shape index (κ2) is 7.69. The van der Waals surface area contributed by atoms with E-state index in [0.29, 0.717) is 0 Å². The van der Waals surface area contributed by atoms with E-state index in [1.807, 2.05) is 6.20 Å². The Hall–Kier alpha value is -1.01. The average Bonchev–Trinajstić information content (AvgIpc) is 3.06. The number of carboxylic acids is 1. The number of nitrogens with zero attached hydrogens (tertiary/aromatic N) is 3. The van der Waals surface area contributed by atoms with E-state index in [0.717, 1.165) is 31.1 Å². The van der Waals surface area contributed by atoms with Crippen molar-refractivity contribution in [2.45, 2.75) is 44.3 Å². The highest BCUT2D eigenvalue weighted by atomic mass is 32.2. The zero-order chi connectivity index (χ0) is 14.4. The molecule has 1 saturated heterocycles. The van der Waals surface area contributed by atoms with Crippen molar-refractivity contribution in [2.75, 3.05) is 25.4 Å². The summed E-state index contributed by atoms with van der Waals surface area (Å²) in [5, 5.41) is 9.62. The summed E-state index contributed by atoms with van der Waals surface area (Å²) in [7, 11) is 0. The van der Waals surface area contributed by atoms with Crippen LogP contribution in [0, 0.1) is 0 Å². The van der Waals surface area contributed by atoms with Crippen LogP contribution >= 0.6 is 11.8 Å². The van der Waals surface area contributed by atoms with Crippen LogP contribution < -0.4 is 0 Å². The molecule has 2 heterocycles. The summed E-state index contributed by atoms with van der Waals surface area (Å²) in [5.74, 6) is -0.716. The Morgan fingerprint density at radius 1 is 1.40 bits per heavy atom. The Balaban J connectivity index is 1.89. The fourth-order valence-electron chi connectivity index (χ4n) is 2.61. The first kappa shape index (κ1) is 15.4. The molecule has 0 atom stereocenters. The number of hydrogen-bond acceptors (Lipinski definition) is 4. The van der Waals surface area contributed by atoms with Gasteiger partial charge in [0, 0.05) is 18.4 Å². The minimum absolute atomic E-state index is 0.0757. The zero-order valence-corrected chi connectivity index (χ0v) is 12.9. The summed E-state index contributed by atoms with van der Waals surface area (Å²) in [4.78, 5) is 17.5. The number of carbonyl (C=O) groups is 1. The van der Waals surface area contributed by atoms with Crippen LogP contribution in [-0.4, -0.2) is 50.9 Å². The summed E-state index contributed by atoms with van der Waals surface area (Å²) in [5.41, 5.74) is 1.19. The Labute approximate surface area is 124 Å². The van der Waals surface area contributed by atoms with E-state index in [-0.39, 0.29) is 5.75 Å². The SMILES string of the molecule is CCc1cnc(SCC(=O)O)n1CCCN1CCCC1. The summed E-state index contributed by atoms with van der Waals surface area (Å²) in [6, 6.07) is 0. The van der Waals surface area contributed by atoms with Crippen LogP contribution in [0.15, 0.2) is 11.4 Å². The Morgan fingerprint density at radius 2 is 2.15 bits per heavy atom. The highest BCUT2D eigenvalue weighted by Crippen LogP contribution is 2.19. The maximum atomic E-state index is 10.7. The highest BCUT2D eigenvalue weighted by molar-refractivity contribution is 7.99. The van der Waals surface area contributed by atoms with Crippen LogP contribution in [0.3, 0.4) is 0 Å². The lowest BCUT2D eigenvalue weighted by molar-refractivity contribution is -0.133. The molecule has 1 aromatic heterocycles. The van der Waals surface area contributed by atoms with Gasteiger partial charge in [-0.25, -0.2) is 4.98 Å². The molecule has 112 valence electrons. The molecule has 1 aliphatic heterocycles. The quantitative estimate of drug-likeness (QED) is 0.745. The first-order valence-electron chi connectivity index (χ1n) is 7.32. The van der Waals surface area contributed by atoms with Crippen LogP contribution in [0.5, 0.6) is 0 Å². The second-order valence-electron chi connectivity index (χ2n) is 5.12. The normalized spacial score (nSPS) is 15.8. The van der Waals surface area contributed by atoms with Gasteiger partial charge >= 0.3 is 5.97 Å². The Kier molecular flexibility index (Phi) is 5.91. The van der Waals surface area contributed by atoms with Crippen molar-refractivity contribution < 1.29 is 9.90 Å². The van der Waals surface area contributed by atoms with Crippen LogP contribution in [0.25, 0.3) is 0 Å². The number of aryl methyl sites for hydroxylation is 1. The van der Waals surface area contributed by atoms with Crippen molar-refractivity contribution in [3.63, 3.8) is 0 Å². The Morgan fingerprint density at radius 3 is 2.80 bits per heavy atom. The molecule has 0 radical (unpaired) electrons. The van der Waals surface area contributed by atoms with Crippen molar-refractivity contribution in [2.24, 2.45) is 0 Å². The molecule has 6 heteroatoms. The van der Waals surface area contributed by atoms with Gasteiger partial charge in [-0.3, -0.25) is 4.79 Å². The van der Waals surface area contributed by atoms with Crippen molar-refractivity contribution in [3.8, 4) is 0 Å². The number of rotatable bonds is 8. The Bertz CT molecular complexity index is 442. The number of likely N-dealkylation sites (tertiary alicyclic amines) is 1. The number of imidazole rings is 1. The fraction of sp³-hybridized carbons (Fsp3) is 0.714. The third-order valence-electron chi connectivity index (χ3n) is 3.64. The minimum Gasteiger partial charge on any atom is -0.481 e. The van der Waals surface area contributed by atoms with E-state index in [9.17, 15) is 4.79 Å². The molecule has 0 aromatic carbocycles. The van der Waals surface area contributed by atoms with Gasteiger partial charge in [-0.2, -0.15) is 0 Å². The monoisotopic (exact) mass is 297 g/mol. The van der Waals surface area contributed by atoms with E-state index in [1.165, 1.54) is 43.4 Å². The lowest BCUT2D eigenvalue weighted by Crippen LogP contribution is -2.22. The molecule has 0 unspecified atom stereocenters. The van der Waals surface area contributed by atoms with Crippen molar-refractivity contribution in [1.29, 1.82) is 0 Å². The number of hydrogen-bond donors (Lipinski definition) is 1. The number of aliphatic carboxylic acids is 1. The van der Waals surface area contributed by atoms with Gasteiger partial charge in [0.05, 0.1) is 5.75 Å². The van der Waals surface area contributed by atoms with Gasteiger partial charge < -0.3 is 14.6 Å². The predicted octanol–water partition coefficient (Wildman–Crippen LogP) is 2.11. The number of carboxylic acid groups (broad SMARTS) is 1. The van der Waals surface area contributed by atoms with Crippen molar-refractivity contribution in [3.05, 3.63) is 11.9 Å². The molecule has 0 bridgehead atoms. The van der Waals surface area contributed by atoms with Gasteiger partial charge in [-0.1, -0.05) is 18.7 Å². The topological polar surface area (TPSA) is 58.4 Å². The first-order chi connectivity index (χ1) is 9.70. The van der Waals surface area contributed by atoms with Gasteiger partial charge in [0.25, 0.3) is 0 Å². The largest absolute Gasteiger partial charge is 0.481 e. The maximum Gasteiger partial charge on any atom is 0.313 e. The number of aromatic nitrogens is 2. The molecule has 1 aliphatic rings. The molecule has 5 nitrogen and oxygen atoms in total. The lowest BCUT2D eigenvalue weighted by Gasteiger charge is -2.16. The molecule has 0 aliphatic carbocycles. The third kappa shape index (κ3) is 4.24. The first-order valence-corrected chi connectivity index (χ1v) is 8.30. The number of thioether (sulfide) groups is 1. The molecule has 2 rings (SSSR count). The minimum atomic E-state index is -0.792. The smallest absolute Gasteiger partial charge is 0.313 e. The molecular weight excluding hydrogens is 274 g/mol. The summed E-state index contributed by atoms with van der Waals surface area (Å²) in [6.45, 7) is 6.63. The molecule has 1 fully saturated rings. The molecule has 1 N–H and O–H groups in total. The van der Waals surface area contributed by atoms with Crippen molar-refractivity contribution in [1.82, 2.24) is 14.5 Å². The molecule has 1 aromatic rings. The van der Waals surface area contributed by atoms with Gasteiger partial charge in [0.15, 0.2) is 5.16 Å². The molecule has 0 saturated carbocycles. The van der Waals surface area contributed by atoms with Crippen LogP contribution in [0.2, 0.25) is 0 Å². The van der Waals surface area contributed by atoms with Crippen molar-refractivity contribution >= 4 is 17.7 Å². The summed E-state index contributed by atoms with van der Waals surface area (Å²) in [6.07, 6.45) is 6.56. The van der Waals surface area contributed by atoms with E-state index in [1.54, 1.807) is 0 Å². The summed E-state index contributed by atoms with van der Waals surface area (Å²) >= 11 is 1.31. The average molecular weight is 297 g/mol. The van der Waals surface area contributed by atoms with E-state index >= 15 is 0 Å². The van der Waals surface area contributed by atoms with Crippen LogP contribution in [0.4, 0.5) is 0 Å². The summed E-state index contributed by atoms with van der Waals surface area (Å²) < 4.78 is 2.18. The second-order valence-corrected chi connectivity index (χ2v) is 6.06. The van der Waals surface area contributed by atoms with Gasteiger partial charge in [-0.05, 0) is 45.3 Å². The fourth-order valence-corrected chi connectivity index (χ4v) is 3.36. The lowest BCUT2D eigenvalue weighted by atomic mass is 10.3. The van der Waals surface area contributed by atoms with E-state index < -0.39 is 5.97 Å². The standard InChI is InChI=1S/C14H23N3O2S/c1-2-12-10-15-14(20-11-13(18)19)17(12)9-5-8-16-6-3-4-7-16/h10H,2-9,11H2,1H3,(H,18,19). The van der Waals surface area contributed by atoms with Crippen LogP contribution in [-0.2, 0) is 17.8 Å². The van der Waals surface area contributed by atoms with Crippen LogP contribution in [0.1, 0.15) is 31.9 Å². The van der Waals surface area contributed by atoms with E-state index in [2.05, 4.69) is 21.4 Å². The molecule has 0 spiro atoms. The van der Waals surface area contributed by atoms with Gasteiger partial charge in [0.2, 0.25) is 0 Å². The third-order valence-corrected chi connectivity index (χ3v) is 4.62. The maximum absolute atomic E-state index is 10.7. The van der Waals surface area contributed by atoms with Gasteiger partial charge in [0.1, 0.15) is 0 Å². The predicted molar refractivity (Wildman–Crippen MR) is 80.3 cm³/mol. The highest BCUT2D eigenvalue weighted by Gasteiger charge is 2.13.